The van der Waals surface area contributed by atoms with Crippen LogP contribution in [0.2, 0.25) is 0 Å². The van der Waals surface area contributed by atoms with E-state index in [1.54, 1.807) is 7.05 Å². The van der Waals surface area contributed by atoms with E-state index in [0.29, 0.717) is 18.9 Å². The first kappa shape index (κ1) is 19.2. The minimum Gasteiger partial charge on any atom is -0.484 e. The molecule has 5 heteroatoms. The molecule has 0 bridgehead atoms. The van der Waals surface area contributed by atoms with Crippen molar-refractivity contribution in [2.75, 3.05) is 7.05 Å². The van der Waals surface area contributed by atoms with Crippen LogP contribution in [0.25, 0.3) is 11.3 Å². The summed E-state index contributed by atoms with van der Waals surface area (Å²) in [7, 11) is 1.56. The topological polar surface area (TPSA) is 64.4 Å². The number of amides is 1. The van der Waals surface area contributed by atoms with Crippen molar-refractivity contribution in [3.05, 3.63) is 71.3 Å². The Morgan fingerprint density at radius 2 is 1.77 bits per heavy atom. The van der Waals surface area contributed by atoms with Crippen LogP contribution in [0, 0.1) is 20.8 Å². The summed E-state index contributed by atoms with van der Waals surface area (Å²) in [4.78, 5) is 13.6. The fourth-order valence-corrected chi connectivity index (χ4v) is 2.40. The molecule has 0 unspecified atom stereocenters. The predicted octanol–water partition coefficient (Wildman–Crippen LogP) is 4.21. The molecule has 0 aliphatic rings. The first-order chi connectivity index (χ1) is 12.6. The molecule has 5 nitrogen and oxygen atoms in total. The fraction of sp³-hybridized carbons (Fsp3) is 0.238. The minimum atomic E-state index is 0.331. The molecule has 26 heavy (non-hydrogen) atoms. The number of nitrogens with one attached hydrogen (secondary N) is 1. The third-order valence-electron chi connectivity index (χ3n) is 3.91. The molecule has 0 aliphatic heterocycles. The van der Waals surface area contributed by atoms with Gasteiger partial charge in [0.2, 0.25) is 12.3 Å². The zero-order chi connectivity index (χ0) is 18.9. The number of hydrogen-bond donors (Lipinski definition) is 1. The van der Waals surface area contributed by atoms with Crippen molar-refractivity contribution < 1.29 is 13.9 Å². The Kier molecular flexibility index (Phi) is 6.97. The molecule has 0 saturated carbocycles. The SMILES string of the molecule is CNC=O.Cc1cccc(OCc2nc(-c3ccccc3)c(C)o2)c1C. The smallest absolute Gasteiger partial charge is 0.233 e. The van der Waals surface area contributed by atoms with Crippen LogP contribution in [-0.2, 0) is 11.4 Å². The third-order valence-corrected chi connectivity index (χ3v) is 3.91. The molecular weight excluding hydrogens is 328 g/mol. The average Bonchev–Trinajstić information content (AvgIpc) is 3.04. The summed E-state index contributed by atoms with van der Waals surface area (Å²) in [5.41, 5.74) is 4.29. The Balaban J connectivity index is 0.000000552. The summed E-state index contributed by atoms with van der Waals surface area (Å²) < 4.78 is 11.6. The maximum absolute atomic E-state index is 9.06. The van der Waals surface area contributed by atoms with E-state index in [1.165, 1.54) is 5.56 Å². The van der Waals surface area contributed by atoms with Crippen molar-refractivity contribution in [3.63, 3.8) is 0 Å². The van der Waals surface area contributed by atoms with Crippen LogP contribution in [0.4, 0.5) is 0 Å². The van der Waals surface area contributed by atoms with Gasteiger partial charge < -0.3 is 14.5 Å². The number of nitrogens with zero attached hydrogens (tertiary/aromatic N) is 1. The molecule has 3 rings (SSSR count). The van der Waals surface area contributed by atoms with Gasteiger partial charge in [0.25, 0.3) is 0 Å². The summed E-state index contributed by atoms with van der Waals surface area (Å²) in [5, 5.41) is 2.25. The van der Waals surface area contributed by atoms with Gasteiger partial charge in [-0.05, 0) is 38.0 Å². The first-order valence-electron chi connectivity index (χ1n) is 8.38. The van der Waals surface area contributed by atoms with Crippen LogP contribution >= 0.6 is 0 Å². The van der Waals surface area contributed by atoms with Crippen LogP contribution in [0.1, 0.15) is 22.8 Å². The van der Waals surface area contributed by atoms with Gasteiger partial charge in [-0.3, -0.25) is 4.79 Å². The summed E-state index contributed by atoms with van der Waals surface area (Å²) >= 11 is 0. The summed E-state index contributed by atoms with van der Waals surface area (Å²) in [6.07, 6.45) is 0.625. The molecule has 1 aromatic heterocycles. The Bertz CT molecular complexity index is 842. The standard InChI is InChI=1S/C19H19NO2.C2H5NO/c1-13-8-7-11-17(14(13)2)21-12-18-20-19(15(3)22-18)16-9-5-4-6-10-16;1-3-2-4/h4-11H,12H2,1-3H3;2H,1H3,(H,3,4). The van der Waals surface area contributed by atoms with Crippen LogP contribution < -0.4 is 10.1 Å². The normalized spacial score (nSPS) is 9.85. The van der Waals surface area contributed by atoms with Gasteiger partial charge in [-0.15, -0.1) is 0 Å². The molecule has 0 spiro atoms. The number of hydrogen-bond acceptors (Lipinski definition) is 4. The molecule has 0 radical (unpaired) electrons. The van der Waals surface area contributed by atoms with Crippen LogP contribution in [0.15, 0.2) is 52.9 Å². The minimum absolute atomic E-state index is 0.331. The second kappa shape index (κ2) is 9.42. The van der Waals surface area contributed by atoms with Gasteiger partial charge in [-0.2, -0.15) is 0 Å². The van der Waals surface area contributed by atoms with E-state index >= 15 is 0 Å². The van der Waals surface area contributed by atoms with Gasteiger partial charge in [0.05, 0.1) is 0 Å². The molecule has 2 aromatic carbocycles. The number of carbonyl (C=O) groups excluding carboxylic acids is 1. The van der Waals surface area contributed by atoms with Crippen LogP contribution in [0.3, 0.4) is 0 Å². The molecule has 0 aliphatic carbocycles. The fourth-order valence-electron chi connectivity index (χ4n) is 2.40. The van der Waals surface area contributed by atoms with Crippen molar-refractivity contribution in [2.24, 2.45) is 0 Å². The highest BCUT2D eigenvalue weighted by Gasteiger charge is 2.12. The Hall–Kier alpha value is -3.08. The lowest BCUT2D eigenvalue weighted by atomic mass is 10.1. The van der Waals surface area contributed by atoms with E-state index in [2.05, 4.69) is 30.2 Å². The second-order valence-corrected chi connectivity index (χ2v) is 5.77. The number of oxazole rings is 1. The number of carbonyl (C=O) groups is 1. The molecule has 1 heterocycles. The summed E-state index contributed by atoms with van der Waals surface area (Å²) in [5.74, 6) is 2.28. The molecular formula is C21H24N2O3. The Morgan fingerprint density at radius 3 is 2.42 bits per heavy atom. The lowest BCUT2D eigenvalue weighted by Crippen LogP contribution is -1.98. The molecule has 0 atom stereocenters. The summed E-state index contributed by atoms with van der Waals surface area (Å²) in [6.45, 7) is 6.39. The summed E-state index contributed by atoms with van der Waals surface area (Å²) in [6, 6.07) is 16.1. The molecule has 0 saturated heterocycles. The van der Waals surface area contributed by atoms with E-state index in [1.807, 2.05) is 49.4 Å². The van der Waals surface area contributed by atoms with Crippen molar-refractivity contribution in [1.29, 1.82) is 0 Å². The quantitative estimate of drug-likeness (QED) is 0.699. The van der Waals surface area contributed by atoms with E-state index in [4.69, 9.17) is 13.9 Å². The molecule has 0 fully saturated rings. The number of benzene rings is 2. The van der Waals surface area contributed by atoms with E-state index in [0.717, 1.165) is 28.3 Å². The van der Waals surface area contributed by atoms with Gasteiger partial charge >= 0.3 is 0 Å². The number of ether oxygens (including phenoxy) is 1. The molecule has 1 N–H and O–H groups in total. The van der Waals surface area contributed by atoms with Crippen LogP contribution in [0.5, 0.6) is 5.75 Å². The second-order valence-electron chi connectivity index (χ2n) is 5.77. The van der Waals surface area contributed by atoms with Gasteiger partial charge in [0, 0.05) is 12.6 Å². The Morgan fingerprint density at radius 1 is 1.08 bits per heavy atom. The zero-order valence-electron chi connectivity index (χ0n) is 15.6. The third kappa shape index (κ3) is 4.96. The van der Waals surface area contributed by atoms with E-state index in [9.17, 15) is 0 Å². The Labute approximate surface area is 154 Å². The lowest BCUT2D eigenvalue weighted by molar-refractivity contribution is -0.109. The van der Waals surface area contributed by atoms with Gasteiger partial charge in [-0.25, -0.2) is 4.98 Å². The largest absolute Gasteiger partial charge is 0.484 e. The first-order valence-corrected chi connectivity index (χ1v) is 8.38. The highest BCUT2D eigenvalue weighted by Crippen LogP contribution is 2.25. The van der Waals surface area contributed by atoms with Crippen molar-refractivity contribution >= 4 is 6.41 Å². The molecule has 3 aromatic rings. The van der Waals surface area contributed by atoms with Gasteiger partial charge in [-0.1, -0.05) is 42.5 Å². The maximum Gasteiger partial charge on any atom is 0.233 e. The number of aryl methyl sites for hydroxylation is 2. The van der Waals surface area contributed by atoms with E-state index < -0.39 is 0 Å². The monoisotopic (exact) mass is 352 g/mol. The van der Waals surface area contributed by atoms with Gasteiger partial charge in [0.15, 0.2) is 6.61 Å². The highest BCUT2D eigenvalue weighted by atomic mass is 16.5. The van der Waals surface area contributed by atoms with Crippen LogP contribution in [-0.4, -0.2) is 18.4 Å². The maximum atomic E-state index is 9.06. The van der Waals surface area contributed by atoms with Crippen molar-refractivity contribution in [3.8, 4) is 17.0 Å². The number of aromatic nitrogens is 1. The highest BCUT2D eigenvalue weighted by molar-refractivity contribution is 5.60. The van der Waals surface area contributed by atoms with Crippen molar-refractivity contribution in [2.45, 2.75) is 27.4 Å². The molecule has 136 valence electrons. The average molecular weight is 352 g/mol. The molecule has 1 amide bonds. The lowest BCUT2D eigenvalue weighted by Gasteiger charge is -2.08. The predicted molar refractivity (Wildman–Crippen MR) is 102 cm³/mol. The number of rotatable bonds is 5. The van der Waals surface area contributed by atoms with E-state index in [-0.39, 0.29) is 0 Å². The zero-order valence-corrected chi connectivity index (χ0v) is 15.6. The van der Waals surface area contributed by atoms with Gasteiger partial charge in [0.1, 0.15) is 17.2 Å². The van der Waals surface area contributed by atoms with Crippen molar-refractivity contribution in [1.82, 2.24) is 10.3 Å².